The van der Waals surface area contributed by atoms with Crippen molar-refractivity contribution in [2.24, 2.45) is 0 Å². The summed E-state index contributed by atoms with van der Waals surface area (Å²) in [5.74, 6) is -0.249. The first-order valence-corrected chi connectivity index (χ1v) is 11.6. The molecule has 1 aliphatic rings. The molecule has 5 rings (SSSR count). The maximum atomic E-state index is 13.8. The second kappa shape index (κ2) is 8.08. The Morgan fingerprint density at radius 2 is 1.56 bits per heavy atom. The lowest BCUT2D eigenvalue weighted by atomic mass is 10.2. The van der Waals surface area contributed by atoms with Crippen LogP contribution in [0.1, 0.15) is 20.8 Å². The van der Waals surface area contributed by atoms with Crippen molar-refractivity contribution in [1.82, 2.24) is 0 Å². The van der Waals surface area contributed by atoms with Gasteiger partial charge in [0.2, 0.25) is 0 Å². The largest absolute Gasteiger partial charge is 0.396 e. The maximum Gasteiger partial charge on any atom is 0.275 e. The Morgan fingerprint density at radius 3 is 2.16 bits per heavy atom. The van der Waals surface area contributed by atoms with Crippen molar-refractivity contribution < 1.29 is 4.79 Å². The number of carbonyl (C=O) groups is 1. The number of nitrogens with one attached hydrogen (secondary N) is 1. The van der Waals surface area contributed by atoms with E-state index >= 15 is 0 Å². The predicted octanol–water partition coefficient (Wildman–Crippen LogP) is 6.70. The van der Waals surface area contributed by atoms with Crippen LogP contribution in [0.2, 0.25) is 0 Å². The van der Waals surface area contributed by atoms with Gasteiger partial charge in [-0.1, -0.05) is 53.7 Å². The predicted molar refractivity (Wildman–Crippen MR) is 131 cm³/mol. The van der Waals surface area contributed by atoms with E-state index in [-0.39, 0.29) is 17.2 Å². The fourth-order valence-corrected chi connectivity index (χ4v) is 5.67. The van der Waals surface area contributed by atoms with Crippen molar-refractivity contribution in [2.45, 2.75) is 16.7 Å². The summed E-state index contributed by atoms with van der Waals surface area (Å²) in [6.07, 6.45) is 0. The van der Waals surface area contributed by atoms with E-state index in [1.807, 2.05) is 79.7 Å². The molecule has 1 aliphatic heterocycles. The van der Waals surface area contributed by atoms with Crippen LogP contribution in [0.15, 0.2) is 82.6 Å². The number of nitrogens with two attached hydrogens (primary N) is 1. The number of hydrogen-bond donors (Lipinski definition) is 2. The molecule has 0 unspecified atom stereocenters. The quantitative estimate of drug-likeness (QED) is 0.360. The highest BCUT2D eigenvalue weighted by Gasteiger charge is 2.32. The molecule has 2 heterocycles. The van der Waals surface area contributed by atoms with E-state index < -0.39 is 0 Å². The Labute approximate surface area is 194 Å². The third-order valence-corrected chi connectivity index (χ3v) is 7.44. The van der Waals surface area contributed by atoms with Gasteiger partial charge in [-0.2, -0.15) is 5.26 Å². The first-order valence-electron chi connectivity index (χ1n) is 9.93. The topological polar surface area (TPSA) is 82.2 Å². The van der Waals surface area contributed by atoms with Gasteiger partial charge in [0.05, 0.1) is 17.1 Å². The molecule has 32 heavy (non-hydrogen) atoms. The summed E-state index contributed by atoms with van der Waals surface area (Å²) in [6.45, 7) is 2.01. The standard InChI is InChI=1S/C25H18N4OS2/c1-15-10-12-16(13-11-15)28-24-17(14-26)22(27)23(32-24)25(30)29-18-6-2-4-8-20(18)31-21-9-5-3-7-19(21)29/h2-13,28H,27H2,1H3. The van der Waals surface area contributed by atoms with Crippen molar-refractivity contribution in [3.8, 4) is 6.07 Å². The van der Waals surface area contributed by atoms with E-state index in [1.54, 1.807) is 16.7 Å². The van der Waals surface area contributed by atoms with Crippen molar-refractivity contribution >= 4 is 56.8 Å². The van der Waals surface area contributed by atoms with Crippen LogP contribution in [0.3, 0.4) is 0 Å². The van der Waals surface area contributed by atoms with Gasteiger partial charge in [-0.3, -0.25) is 9.69 Å². The van der Waals surface area contributed by atoms with Crippen molar-refractivity contribution in [2.75, 3.05) is 16.0 Å². The molecule has 3 N–H and O–H groups in total. The van der Waals surface area contributed by atoms with E-state index in [4.69, 9.17) is 5.73 Å². The maximum absolute atomic E-state index is 13.8. The summed E-state index contributed by atoms with van der Waals surface area (Å²) in [6, 6.07) is 25.6. The molecule has 0 bridgehead atoms. The molecular weight excluding hydrogens is 436 g/mol. The van der Waals surface area contributed by atoms with Crippen LogP contribution in [-0.2, 0) is 0 Å². The minimum absolute atomic E-state index is 0.199. The zero-order valence-electron chi connectivity index (χ0n) is 17.1. The lowest BCUT2D eigenvalue weighted by Crippen LogP contribution is -2.28. The number of fused-ring (bicyclic) bond motifs is 2. The molecule has 0 atom stereocenters. The smallest absolute Gasteiger partial charge is 0.275 e. The van der Waals surface area contributed by atoms with Crippen molar-refractivity contribution in [3.63, 3.8) is 0 Å². The summed E-state index contributed by atoms with van der Waals surface area (Å²) in [5.41, 5.74) is 10.4. The summed E-state index contributed by atoms with van der Waals surface area (Å²) < 4.78 is 0. The normalized spacial score (nSPS) is 11.9. The van der Waals surface area contributed by atoms with Gasteiger partial charge < -0.3 is 11.1 Å². The lowest BCUT2D eigenvalue weighted by molar-refractivity contribution is 0.100. The zero-order chi connectivity index (χ0) is 22.2. The molecule has 156 valence electrons. The molecule has 3 aromatic carbocycles. The number of aryl methyl sites for hydroxylation is 1. The molecule has 1 amide bonds. The van der Waals surface area contributed by atoms with Crippen LogP contribution in [0.5, 0.6) is 0 Å². The Hall–Kier alpha value is -3.73. The summed E-state index contributed by atoms with van der Waals surface area (Å²) in [4.78, 5) is 17.9. The number of hydrogen-bond acceptors (Lipinski definition) is 6. The van der Waals surface area contributed by atoms with Gasteiger partial charge in [0.15, 0.2) is 0 Å². The Kier molecular flexibility index (Phi) is 5.10. The molecule has 0 saturated carbocycles. The number of thiophene rings is 1. The van der Waals surface area contributed by atoms with E-state index in [9.17, 15) is 10.1 Å². The molecule has 5 nitrogen and oxygen atoms in total. The van der Waals surface area contributed by atoms with Crippen LogP contribution in [0.4, 0.5) is 27.8 Å². The molecule has 0 radical (unpaired) electrons. The number of rotatable bonds is 3. The Morgan fingerprint density at radius 1 is 0.969 bits per heavy atom. The van der Waals surface area contributed by atoms with E-state index in [0.29, 0.717) is 9.88 Å². The average Bonchev–Trinajstić information content (AvgIpc) is 3.13. The Balaban J connectivity index is 1.59. The molecule has 0 aliphatic carbocycles. The van der Waals surface area contributed by atoms with E-state index in [2.05, 4.69) is 11.4 Å². The number of benzene rings is 3. The van der Waals surface area contributed by atoms with Crippen molar-refractivity contribution in [3.05, 3.63) is 88.8 Å². The molecule has 0 fully saturated rings. The van der Waals surface area contributed by atoms with Gasteiger partial charge in [0.25, 0.3) is 5.91 Å². The van der Waals surface area contributed by atoms with Crippen LogP contribution in [-0.4, -0.2) is 5.91 Å². The monoisotopic (exact) mass is 454 g/mol. The van der Waals surface area contributed by atoms with Gasteiger partial charge in [-0.15, -0.1) is 11.3 Å². The van der Waals surface area contributed by atoms with Gasteiger partial charge in [0.1, 0.15) is 21.5 Å². The SMILES string of the molecule is Cc1ccc(Nc2sc(C(=O)N3c4ccccc4Sc4ccccc43)c(N)c2C#N)cc1. The highest BCUT2D eigenvalue weighted by Crippen LogP contribution is 2.49. The molecule has 0 saturated heterocycles. The Bertz CT molecular complexity index is 1340. The average molecular weight is 455 g/mol. The van der Waals surface area contributed by atoms with Crippen LogP contribution in [0, 0.1) is 18.3 Å². The highest BCUT2D eigenvalue weighted by atomic mass is 32.2. The number of nitriles is 1. The van der Waals surface area contributed by atoms with Crippen molar-refractivity contribution in [1.29, 1.82) is 5.26 Å². The zero-order valence-corrected chi connectivity index (χ0v) is 18.8. The van der Waals surface area contributed by atoms with E-state index in [1.165, 1.54) is 11.3 Å². The second-order valence-electron chi connectivity index (χ2n) is 7.33. The summed E-state index contributed by atoms with van der Waals surface area (Å²) in [7, 11) is 0. The fraction of sp³-hybridized carbons (Fsp3) is 0.0400. The molecule has 7 heteroatoms. The van der Waals surface area contributed by atoms with Gasteiger partial charge in [0, 0.05) is 15.5 Å². The fourth-order valence-electron chi connectivity index (χ4n) is 3.59. The molecular formula is C25H18N4OS2. The first kappa shape index (κ1) is 20.2. The van der Waals surface area contributed by atoms with Crippen LogP contribution >= 0.6 is 23.1 Å². The third kappa shape index (κ3) is 3.40. The molecule has 4 aromatic rings. The van der Waals surface area contributed by atoms with Crippen LogP contribution in [0.25, 0.3) is 0 Å². The number of nitrogen functional groups attached to an aromatic ring is 1. The number of carbonyl (C=O) groups excluding carboxylic acids is 1. The summed E-state index contributed by atoms with van der Waals surface area (Å²) >= 11 is 2.84. The van der Waals surface area contributed by atoms with Gasteiger partial charge in [-0.05, 0) is 43.3 Å². The van der Waals surface area contributed by atoms with E-state index in [0.717, 1.165) is 32.4 Å². The first-order chi connectivity index (χ1) is 15.6. The number of para-hydroxylation sites is 2. The lowest BCUT2D eigenvalue weighted by Gasteiger charge is -2.30. The highest BCUT2D eigenvalue weighted by molar-refractivity contribution is 7.99. The second-order valence-corrected chi connectivity index (χ2v) is 9.43. The third-order valence-electron chi connectivity index (χ3n) is 5.20. The minimum atomic E-state index is -0.249. The number of anilines is 5. The number of nitrogens with zero attached hydrogens (tertiary/aromatic N) is 2. The summed E-state index contributed by atoms with van der Waals surface area (Å²) in [5, 5.41) is 13.6. The van der Waals surface area contributed by atoms with Gasteiger partial charge >= 0.3 is 0 Å². The van der Waals surface area contributed by atoms with Crippen LogP contribution < -0.4 is 16.0 Å². The molecule has 1 aromatic heterocycles. The minimum Gasteiger partial charge on any atom is -0.396 e. The molecule has 0 spiro atoms. The number of amides is 1. The van der Waals surface area contributed by atoms with Gasteiger partial charge in [-0.25, -0.2) is 0 Å².